The Morgan fingerprint density at radius 1 is 1.57 bits per heavy atom. The molecule has 0 spiro atoms. The molecule has 1 atom stereocenters. The van der Waals surface area contributed by atoms with E-state index < -0.39 is 12.0 Å². The molecule has 8 nitrogen and oxygen atoms in total. The van der Waals surface area contributed by atoms with Crippen LogP contribution >= 0.6 is 0 Å². The molecule has 0 radical (unpaired) electrons. The average molecular weight is 294 g/mol. The van der Waals surface area contributed by atoms with Crippen molar-refractivity contribution < 1.29 is 19.1 Å². The van der Waals surface area contributed by atoms with Gasteiger partial charge < -0.3 is 25.4 Å². The first kappa shape index (κ1) is 15.0. The third kappa shape index (κ3) is 2.89. The minimum Gasteiger partial charge on any atom is -0.465 e. The predicted molar refractivity (Wildman–Crippen MR) is 76.0 cm³/mol. The number of hydrogen-bond acceptors (Lipinski definition) is 7. The summed E-state index contributed by atoms with van der Waals surface area (Å²) in [5.74, 6) is -0.352. The minimum absolute atomic E-state index is 0.195. The number of hydrogen-bond donors (Lipinski definition) is 2. The lowest BCUT2D eigenvalue weighted by atomic mass is 10.1. The van der Waals surface area contributed by atoms with E-state index >= 15 is 0 Å². The SMILES string of the molecule is CNC(=O)C1COCCN1c1nccc(C(=O)OC)c1N. The van der Waals surface area contributed by atoms with Crippen molar-refractivity contribution in [3.8, 4) is 0 Å². The van der Waals surface area contributed by atoms with Gasteiger partial charge in [0.25, 0.3) is 0 Å². The second-order valence-electron chi connectivity index (χ2n) is 4.49. The number of amides is 1. The fraction of sp³-hybridized carbons (Fsp3) is 0.462. The molecular weight excluding hydrogens is 276 g/mol. The summed E-state index contributed by atoms with van der Waals surface area (Å²) in [7, 11) is 2.83. The number of aromatic nitrogens is 1. The first-order valence-electron chi connectivity index (χ1n) is 6.49. The van der Waals surface area contributed by atoms with Crippen LogP contribution in [0.15, 0.2) is 12.3 Å². The molecule has 1 fully saturated rings. The van der Waals surface area contributed by atoms with Crippen LogP contribution in [0.2, 0.25) is 0 Å². The van der Waals surface area contributed by atoms with Gasteiger partial charge in [0, 0.05) is 19.8 Å². The summed E-state index contributed by atoms with van der Waals surface area (Å²) < 4.78 is 10.0. The van der Waals surface area contributed by atoms with Gasteiger partial charge in [0.2, 0.25) is 5.91 Å². The minimum atomic E-state index is -0.541. The molecule has 0 aromatic carbocycles. The van der Waals surface area contributed by atoms with Gasteiger partial charge in [-0.05, 0) is 6.07 Å². The summed E-state index contributed by atoms with van der Waals surface area (Å²) in [5, 5.41) is 2.58. The van der Waals surface area contributed by atoms with E-state index in [1.807, 2.05) is 0 Å². The van der Waals surface area contributed by atoms with E-state index in [4.69, 9.17) is 10.5 Å². The number of methoxy groups -OCH3 is 1. The van der Waals surface area contributed by atoms with Crippen LogP contribution < -0.4 is 16.0 Å². The van der Waals surface area contributed by atoms with Crippen LogP contribution in [0.4, 0.5) is 11.5 Å². The van der Waals surface area contributed by atoms with E-state index in [1.54, 1.807) is 11.9 Å². The van der Waals surface area contributed by atoms with Gasteiger partial charge in [-0.2, -0.15) is 0 Å². The number of nitrogen functional groups attached to an aromatic ring is 1. The zero-order chi connectivity index (χ0) is 15.4. The highest BCUT2D eigenvalue weighted by Crippen LogP contribution is 2.27. The first-order chi connectivity index (χ1) is 10.1. The lowest BCUT2D eigenvalue weighted by Gasteiger charge is -2.35. The number of rotatable bonds is 3. The van der Waals surface area contributed by atoms with Gasteiger partial charge in [-0.15, -0.1) is 0 Å². The molecule has 2 heterocycles. The maximum atomic E-state index is 11.9. The molecule has 0 saturated carbocycles. The monoisotopic (exact) mass is 294 g/mol. The van der Waals surface area contributed by atoms with Gasteiger partial charge in [-0.1, -0.05) is 0 Å². The summed E-state index contributed by atoms with van der Waals surface area (Å²) in [6.07, 6.45) is 1.47. The number of ether oxygens (including phenoxy) is 2. The summed E-state index contributed by atoms with van der Waals surface area (Å²) in [6.45, 7) is 1.15. The normalized spacial score (nSPS) is 18.2. The Balaban J connectivity index is 2.39. The van der Waals surface area contributed by atoms with E-state index in [-0.39, 0.29) is 23.8 Å². The van der Waals surface area contributed by atoms with Crippen molar-refractivity contribution >= 4 is 23.4 Å². The van der Waals surface area contributed by atoms with Crippen molar-refractivity contribution in [2.75, 3.05) is 44.5 Å². The Labute approximate surface area is 122 Å². The third-order valence-electron chi connectivity index (χ3n) is 3.32. The van der Waals surface area contributed by atoms with Crippen LogP contribution in [-0.2, 0) is 14.3 Å². The molecule has 1 aromatic heterocycles. The maximum absolute atomic E-state index is 11.9. The molecule has 1 aliphatic heterocycles. The molecular formula is C13H18N4O4. The number of morpholine rings is 1. The first-order valence-corrected chi connectivity index (χ1v) is 6.49. The van der Waals surface area contributed by atoms with Crippen LogP contribution in [0.1, 0.15) is 10.4 Å². The Morgan fingerprint density at radius 3 is 3.00 bits per heavy atom. The van der Waals surface area contributed by atoms with E-state index in [0.29, 0.717) is 19.0 Å². The van der Waals surface area contributed by atoms with Crippen LogP contribution in [-0.4, -0.2) is 56.8 Å². The lowest BCUT2D eigenvalue weighted by molar-refractivity contribution is -0.124. The van der Waals surface area contributed by atoms with Crippen molar-refractivity contribution in [1.29, 1.82) is 0 Å². The number of pyridine rings is 1. The fourth-order valence-electron chi connectivity index (χ4n) is 2.22. The number of carbonyl (C=O) groups is 2. The van der Waals surface area contributed by atoms with Crippen molar-refractivity contribution in [3.05, 3.63) is 17.8 Å². The van der Waals surface area contributed by atoms with Gasteiger partial charge in [0.05, 0.1) is 31.6 Å². The summed E-state index contributed by atoms with van der Waals surface area (Å²) >= 11 is 0. The van der Waals surface area contributed by atoms with Gasteiger partial charge >= 0.3 is 5.97 Å². The van der Waals surface area contributed by atoms with E-state index in [0.717, 1.165) is 0 Å². The van der Waals surface area contributed by atoms with Crippen LogP contribution in [0.25, 0.3) is 0 Å². The Hall–Kier alpha value is -2.35. The number of esters is 1. The molecule has 21 heavy (non-hydrogen) atoms. The largest absolute Gasteiger partial charge is 0.465 e. The van der Waals surface area contributed by atoms with Gasteiger partial charge in [0.15, 0.2) is 5.82 Å². The van der Waals surface area contributed by atoms with E-state index in [9.17, 15) is 9.59 Å². The molecule has 114 valence electrons. The molecule has 0 aliphatic carbocycles. The third-order valence-corrected chi connectivity index (χ3v) is 3.32. The zero-order valence-electron chi connectivity index (χ0n) is 12.0. The van der Waals surface area contributed by atoms with Gasteiger partial charge in [-0.3, -0.25) is 4.79 Å². The molecule has 3 N–H and O–H groups in total. The maximum Gasteiger partial charge on any atom is 0.340 e. The van der Waals surface area contributed by atoms with Crippen LogP contribution in [0, 0.1) is 0 Å². The molecule has 1 amide bonds. The number of anilines is 2. The highest BCUT2D eigenvalue weighted by molar-refractivity contribution is 5.98. The standard InChI is InChI=1S/C13H18N4O4/c1-15-12(18)9-7-21-6-5-17(9)11-10(14)8(3-4-16-11)13(19)20-2/h3-4,9H,5-7,14H2,1-2H3,(H,15,18). The molecule has 8 heteroatoms. The van der Waals surface area contributed by atoms with Crippen LogP contribution in [0.3, 0.4) is 0 Å². The molecule has 2 rings (SSSR count). The smallest absolute Gasteiger partial charge is 0.340 e. The van der Waals surface area contributed by atoms with Crippen LogP contribution in [0.5, 0.6) is 0 Å². The lowest BCUT2D eigenvalue weighted by Crippen LogP contribution is -2.54. The molecule has 1 aliphatic rings. The van der Waals surface area contributed by atoms with Crippen molar-refractivity contribution in [1.82, 2.24) is 10.3 Å². The van der Waals surface area contributed by atoms with Crippen molar-refractivity contribution in [3.63, 3.8) is 0 Å². The number of nitrogens with two attached hydrogens (primary N) is 1. The topological polar surface area (TPSA) is 107 Å². The quantitative estimate of drug-likeness (QED) is 0.717. The predicted octanol–water partition coefficient (Wildman–Crippen LogP) is -0.598. The zero-order valence-corrected chi connectivity index (χ0v) is 12.0. The Bertz CT molecular complexity index is 549. The number of likely N-dealkylation sites (N-methyl/N-ethyl adjacent to an activating group) is 1. The average Bonchev–Trinajstić information content (AvgIpc) is 2.53. The van der Waals surface area contributed by atoms with Crippen molar-refractivity contribution in [2.24, 2.45) is 0 Å². The second-order valence-corrected chi connectivity index (χ2v) is 4.49. The molecule has 0 bridgehead atoms. The second kappa shape index (κ2) is 6.40. The molecule has 1 unspecified atom stereocenters. The molecule has 1 aromatic rings. The van der Waals surface area contributed by atoms with Gasteiger partial charge in [0.1, 0.15) is 6.04 Å². The van der Waals surface area contributed by atoms with Crippen molar-refractivity contribution in [2.45, 2.75) is 6.04 Å². The fourth-order valence-corrected chi connectivity index (χ4v) is 2.22. The van der Waals surface area contributed by atoms with E-state index in [2.05, 4.69) is 15.0 Å². The van der Waals surface area contributed by atoms with E-state index in [1.165, 1.54) is 19.4 Å². The highest BCUT2D eigenvalue weighted by atomic mass is 16.5. The summed E-state index contributed by atoms with van der Waals surface area (Å²) in [4.78, 5) is 29.6. The summed E-state index contributed by atoms with van der Waals surface area (Å²) in [5.41, 5.74) is 6.44. The number of carbonyl (C=O) groups excluding carboxylic acids is 2. The number of nitrogens with zero attached hydrogens (tertiary/aromatic N) is 2. The summed E-state index contributed by atoms with van der Waals surface area (Å²) in [6, 6.07) is 0.950. The number of nitrogens with one attached hydrogen (secondary N) is 1. The highest BCUT2D eigenvalue weighted by Gasteiger charge is 2.31. The Kier molecular flexibility index (Phi) is 4.59. The molecule has 1 saturated heterocycles. The van der Waals surface area contributed by atoms with Gasteiger partial charge in [-0.25, -0.2) is 9.78 Å². The Morgan fingerprint density at radius 2 is 2.33 bits per heavy atom.